The number of halogens is 2. The molecule has 0 unspecified atom stereocenters. The molecule has 2 heterocycles. The predicted molar refractivity (Wildman–Crippen MR) is 167 cm³/mol. The maximum atomic E-state index is 15.5. The highest BCUT2D eigenvalue weighted by Gasteiger charge is 2.34. The van der Waals surface area contributed by atoms with Gasteiger partial charge >= 0.3 is 0 Å². The molecule has 0 spiro atoms. The van der Waals surface area contributed by atoms with Crippen LogP contribution in [0.3, 0.4) is 0 Å². The molecule has 0 radical (unpaired) electrons. The molecule has 2 aliphatic rings. The molecule has 2 aromatic carbocycles. The Bertz CT molecular complexity index is 1350. The van der Waals surface area contributed by atoms with Gasteiger partial charge in [0.15, 0.2) is 23.1 Å². The van der Waals surface area contributed by atoms with Crippen LogP contribution in [0.1, 0.15) is 68.6 Å². The minimum absolute atomic E-state index is 0. The summed E-state index contributed by atoms with van der Waals surface area (Å²) in [7, 11) is 1.63. The van der Waals surface area contributed by atoms with Crippen LogP contribution in [0.2, 0.25) is 0 Å². The van der Waals surface area contributed by atoms with Crippen LogP contribution >= 0.6 is 17.0 Å². The van der Waals surface area contributed by atoms with Gasteiger partial charge in [-0.15, -0.1) is 17.0 Å². The zero-order chi connectivity index (χ0) is 30.1. The molecule has 0 aliphatic carbocycles. The zero-order valence-electron chi connectivity index (χ0n) is 25.6. The molecule has 4 rings (SSSR count). The molecule has 42 heavy (non-hydrogen) atoms. The number of nitrogens with zero attached hydrogens (tertiary/aromatic N) is 3. The summed E-state index contributed by atoms with van der Waals surface area (Å²) in [6, 6.07) is 5.41. The van der Waals surface area contributed by atoms with Gasteiger partial charge in [0.25, 0.3) is 0 Å². The Kier molecular flexibility index (Phi) is 10.5. The number of carbonyl (C=O) groups excluding carboxylic acids is 2. The summed E-state index contributed by atoms with van der Waals surface area (Å²) < 4.78 is 32.6. The number of hydrogen-bond acceptors (Lipinski definition) is 7. The molecule has 2 aromatic rings. The van der Waals surface area contributed by atoms with Gasteiger partial charge in [0.1, 0.15) is 11.6 Å². The lowest BCUT2D eigenvalue weighted by Crippen LogP contribution is -2.48. The van der Waals surface area contributed by atoms with E-state index in [0.29, 0.717) is 55.4 Å². The van der Waals surface area contributed by atoms with Crippen molar-refractivity contribution in [2.24, 2.45) is 0 Å². The molecule has 1 N–H and O–H groups in total. The third-order valence-corrected chi connectivity index (χ3v) is 7.58. The van der Waals surface area contributed by atoms with E-state index in [1.165, 1.54) is 0 Å². The Morgan fingerprint density at radius 2 is 1.64 bits per heavy atom. The number of Topliss-reactive ketones (excluding diaryl/α,β-unsaturated/α-hetero) is 1. The van der Waals surface area contributed by atoms with Crippen molar-refractivity contribution in [3.63, 3.8) is 0 Å². The fourth-order valence-electron chi connectivity index (χ4n) is 5.47. The van der Waals surface area contributed by atoms with Crippen LogP contribution in [0.5, 0.6) is 17.2 Å². The minimum Gasteiger partial charge on any atom is -0.494 e. The number of amides is 1. The summed E-state index contributed by atoms with van der Waals surface area (Å²) in [6.45, 7) is 14.5. The highest BCUT2D eigenvalue weighted by molar-refractivity contribution is 8.93. The Hall–Kier alpha value is -3.34. The molecule has 1 fully saturated rings. The number of piperazine rings is 1. The molecular weight excluding hydrogens is 607 g/mol. The zero-order valence-corrected chi connectivity index (χ0v) is 27.3. The standard InChI is InChI=1S/C31H41FN4O5.BrH/c1-8-40-25-16-21-17-36(30(33)26(21)27(32)29(25)41-9-2)18-24(38)20-14-22(31(4,5)6)28(39-7)23(15-20)35-12-10-34(11-13-35)19(3)37;/h14-16,33H,8-13,17-18H2,1-7H3;1H. The Morgan fingerprint density at radius 1 is 1.00 bits per heavy atom. The van der Waals surface area contributed by atoms with E-state index in [1.807, 2.05) is 24.0 Å². The Morgan fingerprint density at radius 3 is 2.19 bits per heavy atom. The highest BCUT2D eigenvalue weighted by Crippen LogP contribution is 2.42. The topological polar surface area (TPSA) is 95.4 Å². The van der Waals surface area contributed by atoms with Crippen molar-refractivity contribution in [3.05, 3.63) is 46.3 Å². The van der Waals surface area contributed by atoms with Gasteiger partial charge in [-0.05, 0) is 43.0 Å². The van der Waals surface area contributed by atoms with E-state index in [0.717, 1.165) is 11.3 Å². The van der Waals surface area contributed by atoms with Gasteiger partial charge in [0.2, 0.25) is 5.91 Å². The van der Waals surface area contributed by atoms with Gasteiger partial charge in [-0.3, -0.25) is 15.0 Å². The molecule has 0 bridgehead atoms. The Labute approximate surface area is 258 Å². The lowest BCUT2D eigenvalue weighted by Gasteiger charge is -2.37. The van der Waals surface area contributed by atoms with Crippen LogP contribution in [-0.4, -0.2) is 80.4 Å². The maximum Gasteiger partial charge on any atom is 0.219 e. The first-order valence-corrected chi connectivity index (χ1v) is 14.1. The number of anilines is 1. The van der Waals surface area contributed by atoms with Crippen LogP contribution in [0.4, 0.5) is 10.1 Å². The Balaban J connectivity index is 0.00000484. The van der Waals surface area contributed by atoms with Crippen molar-refractivity contribution < 1.29 is 28.2 Å². The van der Waals surface area contributed by atoms with Gasteiger partial charge < -0.3 is 28.9 Å². The number of benzene rings is 2. The first-order chi connectivity index (χ1) is 19.4. The molecule has 0 atom stereocenters. The van der Waals surface area contributed by atoms with Gasteiger partial charge in [-0.2, -0.15) is 0 Å². The van der Waals surface area contributed by atoms with Crippen LogP contribution in [-0.2, 0) is 16.8 Å². The average Bonchev–Trinajstić information content (AvgIpc) is 3.24. The van der Waals surface area contributed by atoms with Gasteiger partial charge in [-0.1, -0.05) is 20.8 Å². The summed E-state index contributed by atoms with van der Waals surface area (Å²) in [6.07, 6.45) is 0. The fraction of sp³-hybridized carbons (Fsp3) is 0.516. The monoisotopic (exact) mass is 648 g/mol. The molecule has 9 nitrogen and oxygen atoms in total. The second kappa shape index (κ2) is 13.3. The molecule has 230 valence electrons. The first-order valence-electron chi connectivity index (χ1n) is 14.1. The molecule has 0 saturated carbocycles. The van der Waals surface area contributed by atoms with Crippen molar-refractivity contribution >= 4 is 40.2 Å². The normalized spacial score (nSPS) is 14.9. The number of amidine groups is 1. The molecule has 2 aliphatic heterocycles. The second-order valence-corrected chi connectivity index (χ2v) is 11.4. The maximum absolute atomic E-state index is 15.5. The lowest BCUT2D eigenvalue weighted by molar-refractivity contribution is -0.129. The number of methoxy groups -OCH3 is 1. The number of rotatable bonds is 9. The smallest absolute Gasteiger partial charge is 0.219 e. The van der Waals surface area contributed by atoms with E-state index in [1.54, 1.807) is 31.9 Å². The molecule has 0 aromatic heterocycles. The fourth-order valence-corrected chi connectivity index (χ4v) is 5.47. The number of carbonyl (C=O) groups is 2. The number of hydrogen-bond donors (Lipinski definition) is 1. The lowest BCUT2D eigenvalue weighted by atomic mass is 9.84. The van der Waals surface area contributed by atoms with Gasteiger partial charge in [-0.25, -0.2) is 4.39 Å². The van der Waals surface area contributed by atoms with Crippen molar-refractivity contribution in [2.45, 2.75) is 53.5 Å². The predicted octanol–water partition coefficient (Wildman–Crippen LogP) is 5.20. The molecular formula is C31H42BrFN4O5. The van der Waals surface area contributed by atoms with E-state index < -0.39 is 5.82 Å². The average molecular weight is 650 g/mol. The quantitative estimate of drug-likeness (QED) is 0.374. The minimum atomic E-state index is -0.640. The summed E-state index contributed by atoms with van der Waals surface area (Å²) in [5.41, 5.74) is 2.60. The third kappa shape index (κ3) is 6.50. The first kappa shape index (κ1) is 33.2. The largest absolute Gasteiger partial charge is 0.494 e. The second-order valence-electron chi connectivity index (χ2n) is 11.4. The van der Waals surface area contributed by atoms with Gasteiger partial charge in [0, 0.05) is 50.8 Å². The van der Waals surface area contributed by atoms with Crippen LogP contribution in [0.15, 0.2) is 18.2 Å². The van der Waals surface area contributed by atoms with Crippen LogP contribution < -0.4 is 19.1 Å². The summed E-state index contributed by atoms with van der Waals surface area (Å²) in [5, 5.41) is 8.72. The summed E-state index contributed by atoms with van der Waals surface area (Å²) in [4.78, 5) is 31.2. The molecule has 1 amide bonds. The molecule has 11 heteroatoms. The number of ether oxygens (including phenoxy) is 3. The molecule has 1 saturated heterocycles. The van der Waals surface area contributed by atoms with E-state index in [2.05, 4.69) is 25.7 Å². The van der Waals surface area contributed by atoms with Crippen molar-refractivity contribution in [3.8, 4) is 17.2 Å². The van der Waals surface area contributed by atoms with Crippen molar-refractivity contribution in [1.29, 1.82) is 5.41 Å². The van der Waals surface area contributed by atoms with E-state index in [4.69, 9.17) is 19.6 Å². The number of nitrogens with one attached hydrogen (secondary N) is 1. The summed E-state index contributed by atoms with van der Waals surface area (Å²) >= 11 is 0. The van der Waals surface area contributed by atoms with Crippen LogP contribution in [0.25, 0.3) is 0 Å². The van der Waals surface area contributed by atoms with E-state index in [9.17, 15) is 9.59 Å². The number of ketones is 1. The number of fused-ring (bicyclic) bond motifs is 1. The van der Waals surface area contributed by atoms with Crippen LogP contribution in [0, 0.1) is 11.2 Å². The van der Waals surface area contributed by atoms with Gasteiger partial charge in [0.05, 0.1) is 38.1 Å². The summed E-state index contributed by atoms with van der Waals surface area (Å²) in [5.74, 6) is 0.161. The highest BCUT2D eigenvalue weighted by atomic mass is 79.9. The van der Waals surface area contributed by atoms with E-state index >= 15 is 4.39 Å². The SMILES string of the molecule is Br.CCOc1cc2c(c(F)c1OCC)C(=N)N(CC(=O)c1cc(N3CCN(C(C)=O)CC3)c(OC)c(C(C)(C)C)c1)C2. The van der Waals surface area contributed by atoms with Crippen molar-refractivity contribution in [2.75, 3.05) is 57.9 Å². The van der Waals surface area contributed by atoms with Crippen molar-refractivity contribution in [1.82, 2.24) is 9.80 Å². The third-order valence-electron chi connectivity index (χ3n) is 7.58. The van der Waals surface area contributed by atoms with E-state index in [-0.39, 0.29) is 70.9 Å².